The van der Waals surface area contributed by atoms with Crippen molar-refractivity contribution >= 4 is 11.6 Å². The predicted octanol–water partition coefficient (Wildman–Crippen LogP) is 2.31. The molecule has 4 nitrogen and oxygen atoms in total. The first-order valence-corrected chi connectivity index (χ1v) is 6.36. The standard InChI is InChI=1S/C16H16N2O2/c1-12-7-8-13(5-2-3-10-19)15(11-12)18-16(20)14-6-4-9-17-14/h4,6-9,11,17,19H,3,10H2,1H3,(H,18,20). The number of aliphatic hydroxyl groups excluding tert-OH is 1. The van der Waals surface area contributed by atoms with Crippen LogP contribution >= 0.6 is 0 Å². The van der Waals surface area contributed by atoms with Gasteiger partial charge in [0, 0.05) is 18.2 Å². The molecule has 3 N–H and O–H groups in total. The summed E-state index contributed by atoms with van der Waals surface area (Å²) in [4.78, 5) is 14.9. The number of carbonyl (C=O) groups excluding carboxylic acids is 1. The Kier molecular flexibility index (Phi) is 4.59. The zero-order chi connectivity index (χ0) is 14.4. The number of hydrogen-bond acceptors (Lipinski definition) is 2. The number of aryl methyl sites for hydroxylation is 1. The molecule has 1 aromatic carbocycles. The van der Waals surface area contributed by atoms with Crippen LogP contribution in [0.1, 0.15) is 28.0 Å². The SMILES string of the molecule is Cc1ccc(C#CCCO)c(NC(=O)c2ccc[nH]2)c1. The molecule has 0 fully saturated rings. The maximum absolute atomic E-state index is 12.0. The van der Waals surface area contributed by atoms with Crippen molar-refractivity contribution in [3.05, 3.63) is 53.3 Å². The molecule has 1 aromatic heterocycles. The number of hydrogen-bond donors (Lipinski definition) is 3. The summed E-state index contributed by atoms with van der Waals surface area (Å²) in [5.74, 6) is 5.61. The highest BCUT2D eigenvalue weighted by atomic mass is 16.2. The van der Waals surface area contributed by atoms with E-state index in [2.05, 4.69) is 22.1 Å². The molecule has 0 saturated heterocycles. The molecule has 0 radical (unpaired) electrons. The van der Waals surface area contributed by atoms with Crippen LogP contribution in [0.4, 0.5) is 5.69 Å². The van der Waals surface area contributed by atoms with Gasteiger partial charge < -0.3 is 15.4 Å². The Balaban J connectivity index is 2.24. The van der Waals surface area contributed by atoms with Crippen LogP contribution in [0, 0.1) is 18.8 Å². The topological polar surface area (TPSA) is 65.1 Å². The minimum Gasteiger partial charge on any atom is -0.395 e. The van der Waals surface area contributed by atoms with E-state index in [0.29, 0.717) is 17.8 Å². The molecule has 0 aliphatic heterocycles. The van der Waals surface area contributed by atoms with Crippen molar-refractivity contribution < 1.29 is 9.90 Å². The van der Waals surface area contributed by atoms with Gasteiger partial charge in [0.25, 0.3) is 5.91 Å². The van der Waals surface area contributed by atoms with E-state index in [1.807, 2.05) is 25.1 Å². The summed E-state index contributed by atoms with van der Waals surface area (Å²) >= 11 is 0. The van der Waals surface area contributed by atoms with Crippen molar-refractivity contribution in [3.8, 4) is 11.8 Å². The van der Waals surface area contributed by atoms with Gasteiger partial charge in [-0.05, 0) is 36.8 Å². The van der Waals surface area contributed by atoms with Crippen LogP contribution in [0.5, 0.6) is 0 Å². The first kappa shape index (κ1) is 13.9. The fourth-order valence-corrected chi connectivity index (χ4v) is 1.75. The second kappa shape index (κ2) is 6.60. The number of rotatable bonds is 3. The molecule has 0 aliphatic rings. The summed E-state index contributed by atoms with van der Waals surface area (Å²) in [6.07, 6.45) is 2.12. The largest absolute Gasteiger partial charge is 0.395 e. The number of H-pyrrole nitrogens is 1. The number of benzene rings is 1. The van der Waals surface area contributed by atoms with Gasteiger partial charge in [-0.25, -0.2) is 0 Å². The van der Waals surface area contributed by atoms with Gasteiger partial charge in [0.05, 0.1) is 12.3 Å². The average molecular weight is 268 g/mol. The van der Waals surface area contributed by atoms with E-state index in [-0.39, 0.29) is 12.5 Å². The predicted molar refractivity (Wildman–Crippen MR) is 78.5 cm³/mol. The molecular weight excluding hydrogens is 252 g/mol. The minimum atomic E-state index is -0.203. The summed E-state index contributed by atoms with van der Waals surface area (Å²) in [5, 5.41) is 11.6. The monoisotopic (exact) mass is 268 g/mol. The molecular formula is C16H16N2O2. The molecule has 4 heteroatoms. The van der Waals surface area contributed by atoms with E-state index >= 15 is 0 Å². The number of nitrogens with one attached hydrogen (secondary N) is 2. The van der Waals surface area contributed by atoms with Gasteiger partial charge in [0.1, 0.15) is 5.69 Å². The molecule has 2 rings (SSSR count). The minimum absolute atomic E-state index is 0.0308. The Hall–Kier alpha value is -2.51. The summed E-state index contributed by atoms with van der Waals surface area (Å²) in [6, 6.07) is 9.16. The second-order valence-corrected chi connectivity index (χ2v) is 4.36. The Morgan fingerprint density at radius 3 is 2.95 bits per heavy atom. The third-order valence-corrected chi connectivity index (χ3v) is 2.73. The molecule has 0 aliphatic carbocycles. The third kappa shape index (κ3) is 3.50. The van der Waals surface area contributed by atoms with E-state index in [1.54, 1.807) is 18.3 Å². The maximum atomic E-state index is 12.0. The first-order valence-electron chi connectivity index (χ1n) is 6.36. The number of aromatic nitrogens is 1. The van der Waals surface area contributed by atoms with E-state index in [4.69, 9.17) is 5.11 Å². The molecule has 102 valence electrons. The van der Waals surface area contributed by atoms with E-state index in [9.17, 15) is 4.79 Å². The summed E-state index contributed by atoms with van der Waals surface area (Å²) < 4.78 is 0. The number of aliphatic hydroxyl groups is 1. The lowest BCUT2D eigenvalue weighted by Crippen LogP contribution is -2.13. The lowest BCUT2D eigenvalue weighted by molar-refractivity contribution is 0.102. The van der Waals surface area contributed by atoms with Crippen LogP contribution in [0.15, 0.2) is 36.5 Å². The van der Waals surface area contributed by atoms with E-state index in [1.165, 1.54) is 0 Å². The molecule has 0 spiro atoms. The summed E-state index contributed by atoms with van der Waals surface area (Å²) in [7, 11) is 0. The van der Waals surface area contributed by atoms with Crippen LogP contribution < -0.4 is 5.32 Å². The van der Waals surface area contributed by atoms with Gasteiger partial charge in [-0.2, -0.15) is 0 Å². The molecule has 0 saturated carbocycles. The summed E-state index contributed by atoms with van der Waals surface area (Å²) in [5.41, 5.74) is 2.96. The molecule has 1 amide bonds. The zero-order valence-corrected chi connectivity index (χ0v) is 11.2. The second-order valence-electron chi connectivity index (χ2n) is 4.36. The first-order chi connectivity index (χ1) is 9.70. The third-order valence-electron chi connectivity index (χ3n) is 2.73. The van der Waals surface area contributed by atoms with Crippen molar-refractivity contribution in [2.24, 2.45) is 0 Å². The van der Waals surface area contributed by atoms with Crippen molar-refractivity contribution in [2.45, 2.75) is 13.3 Å². The van der Waals surface area contributed by atoms with Gasteiger partial charge in [-0.3, -0.25) is 4.79 Å². The Labute approximate surface area is 117 Å². The van der Waals surface area contributed by atoms with Crippen LogP contribution in [-0.4, -0.2) is 22.6 Å². The highest BCUT2D eigenvalue weighted by molar-refractivity contribution is 6.03. The average Bonchev–Trinajstić information content (AvgIpc) is 2.95. The van der Waals surface area contributed by atoms with Gasteiger partial charge in [0.2, 0.25) is 0 Å². The number of amides is 1. The Morgan fingerprint density at radius 2 is 2.25 bits per heavy atom. The normalized spacial score (nSPS) is 9.70. The Morgan fingerprint density at radius 1 is 1.40 bits per heavy atom. The van der Waals surface area contributed by atoms with Crippen LogP contribution in [0.25, 0.3) is 0 Å². The number of aromatic amines is 1. The molecule has 2 aromatic rings. The van der Waals surface area contributed by atoms with Crippen molar-refractivity contribution in [3.63, 3.8) is 0 Å². The van der Waals surface area contributed by atoms with Crippen LogP contribution in [-0.2, 0) is 0 Å². The quantitative estimate of drug-likeness (QED) is 0.748. The van der Waals surface area contributed by atoms with Gasteiger partial charge >= 0.3 is 0 Å². The van der Waals surface area contributed by atoms with E-state index < -0.39 is 0 Å². The van der Waals surface area contributed by atoms with E-state index in [0.717, 1.165) is 11.1 Å². The van der Waals surface area contributed by atoms with Gasteiger partial charge in [0.15, 0.2) is 0 Å². The molecule has 0 bridgehead atoms. The fraction of sp³-hybridized carbons (Fsp3) is 0.188. The van der Waals surface area contributed by atoms with Crippen LogP contribution in [0.2, 0.25) is 0 Å². The van der Waals surface area contributed by atoms with Gasteiger partial charge in [-0.1, -0.05) is 17.9 Å². The van der Waals surface area contributed by atoms with Crippen molar-refractivity contribution in [1.82, 2.24) is 4.98 Å². The molecule has 0 unspecified atom stereocenters. The summed E-state index contributed by atoms with van der Waals surface area (Å²) in [6.45, 7) is 1.98. The highest BCUT2D eigenvalue weighted by Crippen LogP contribution is 2.17. The van der Waals surface area contributed by atoms with Crippen LogP contribution in [0.3, 0.4) is 0 Å². The maximum Gasteiger partial charge on any atom is 0.272 e. The lowest BCUT2D eigenvalue weighted by atomic mass is 10.1. The Bertz CT molecular complexity index is 649. The number of anilines is 1. The molecule has 1 heterocycles. The number of carbonyl (C=O) groups is 1. The highest BCUT2D eigenvalue weighted by Gasteiger charge is 2.09. The van der Waals surface area contributed by atoms with Crippen molar-refractivity contribution in [2.75, 3.05) is 11.9 Å². The van der Waals surface area contributed by atoms with Gasteiger partial charge in [-0.15, -0.1) is 0 Å². The fourth-order valence-electron chi connectivity index (χ4n) is 1.75. The smallest absolute Gasteiger partial charge is 0.272 e. The molecule has 0 atom stereocenters. The van der Waals surface area contributed by atoms with Crippen molar-refractivity contribution in [1.29, 1.82) is 0 Å². The molecule has 20 heavy (non-hydrogen) atoms. The zero-order valence-electron chi connectivity index (χ0n) is 11.2. The lowest BCUT2D eigenvalue weighted by Gasteiger charge is -2.07.